The number of hydrogen-bond acceptors (Lipinski definition) is 1. The maximum absolute atomic E-state index is 11.0. The Hall–Kier alpha value is -0.860. The van der Waals surface area contributed by atoms with Crippen LogP contribution >= 0.6 is 0 Å². The second-order valence-electron chi connectivity index (χ2n) is 9.02. The fourth-order valence-electron chi connectivity index (χ4n) is 4.52. The molecule has 0 amide bonds. The molecule has 2 nitrogen and oxygen atoms in total. The third kappa shape index (κ3) is 4.16. The lowest BCUT2D eigenvalue weighted by Gasteiger charge is -2.50. The normalized spacial score (nSPS) is 29.1. The van der Waals surface area contributed by atoms with Gasteiger partial charge in [-0.15, -0.1) is 0 Å². The van der Waals surface area contributed by atoms with Gasteiger partial charge < -0.3 is 9.59 Å². The zero-order valence-corrected chi connectivity index (χ0v) is 16.2. The van der Waals surface area contributed by atoms with Gasteiger partial charge >= 0.3 is 0 Å². The molecule has 3 atom stereocenters. The minimum atomic E-state index is -0.562. The van der Waals surface area contributed by atoms with Crippen LogP contribution in [0.25, 0.3) is 0 Å². The number of likely N-dealkylation sites (N-methyl/N-ethyl adjacent to an activating group) is 1. The first kappa shape index (κ1) is 18.5. The summed E-state index contributed by atoms with van der Waals surface area (Å²) in [5.41, 5.74) is 3.53. The lowest BCUT2D eigenvalue weighted by atomic mass is 9.71. The van der Waals surface area contributed by atoms with Crippen LogP contribution in [0.15, 0.2) is 18.2 Å². The Morgan fingerprint density at radius 1 is 1.26 bits per heavy atom. The average molecular weight is 319 g/mol. The van der Waals surface area contributed by atoms with Crippen LogP contribution in [-0.4, -0.2) is 35.3 Å². The highest BCUT2D eigenvalue weighted by molar-refractivity contribution is 5.29. The summed E-state index contributed by atoms with van der Waals surface area (Å²) in [6.07, 6.45) is 3.21. The van der Waals surface area contributed by atoms with Gasteiger partial charge in [0, 0.05) is 12.0 Å². The van der Waals surface area contributed by atoms with Crippen molar-refractivity contribution in [3.63, 3.8) is 0 Å². The SMILES string of the molecule is Cc1ccc(C[N+](C)(C)C2CC(C(C)C)CCC2(C)O)c(C)c1. The quantitative estimate of drug-likeness (QED) is 0.813. The van der Waals surface area contributed by atoms with Crippen molar-refractivity contribution < 1.29 is 9.59 Å². The Morgan fingerprint density at radius 2 is 1.91 bits per heavy atom. The minimum absolute atomic E-state index is 0.296. The molecule has 1 aliphatic rings. The van der Waals surface area contributed by atoms with E-state index in [1.54, 1.807) is 0 Å². The van der Waals surface area contributed by atoms with Crippen molar-refractivity contribution in [1.29, 1.82) is 0 Å². The maximum Gasteiger partial charge on any atom is 0.118 e. The lowest BCUT2D eigenvalue weighted by molar-refractivity contribution is -0.936. The van der Waals surface area contributed by atoms with E-state index in [0.29, 0.717) is 12.0 Å². The van der Waals surface area contributed by atoms with Gasteiger partial charge in [-0.25, -0.2) is 0 Å². The molecule has 0 heterocycles. The van der Waals surface area contributed by atoms with Gasteiger partial charge in [-0.1, -0.05) is 37.6 Å². The predicted molar refractivity (Wildman–Crippen MR) is 98.3 cm³/mol. The second-order valence-corrected chi connectivity index (χ2v) is 9.02. The van der Waals surface area contributed by atoms with Crippen molar-refractivity contribution in [1.82, 2.24) is 0 Å². The van der Waals surface area contributed by atoms with Crippen molar-refractivity contribution in [3.8, 4) is 0 Å². The molecule has 1 aromatic rings. The number of quaternary nitrogens is 1. The highest BCUT2D eigenvalue weighted by Gasteiger charge is 2.48. The molecule has 23 heavy (non-hydrogen) atoms. The summed E-state index contributed by atoms with van der Waals surface area (Å²) in [6.45, 7) is 12.0. The molecule has 2 rings (SSSR count). The molecular formula is C21H36NO+. The standard InChI is InChI=1S/C21H36NO/c1-15(2)18-10-11-21(5,23)20(13-18)22(6,7)14-19-9-8-16(3)12-17(19)4/h8-9,12,15,18,20,23H,10-11,13-14H2,1-7H3/q+1. The molecule has 0 aliphatic heterocycles. The van der Waals surface area contributed by atoms with Crippen LogP contribution in [0.2, 0.25) is 0 Å². The summed E-state index contributed by atoms with van der Waals surface area (Å²) in [5.74, 6) is 1.44. The van der Waals surface area contributed by atoms with E-state index in [1.807, 2.05) is 0 Å². The summed E-state index contributed by atoms with van der Waals surface area (Å²) in [5, 5.41) is 11.0. The van der Waals surface area contributed by atoms with Crippen LogP contribution < -0.4 is 0 Å². The molecule has 1 saturated carbocycles. The van der Waals surface area contributed by atoms with Crippen LogP contribution in [0.1, 0.15) is 56.7 Å². The fraction of sp³-hybridized carbons (Fsp3) is 0.714. The minimum Gasteiger partial charge on any atom is -0.384 e. The van der Waals surface area contributed by atoms with E-state index in [-0.39, 0.29) is 0 Å². The number of aryl methyl sites for hydroxylation is 2. The average Bonchev–Trinajstić information content (AvgIpc) is 2.41. The van der Waals surface area contributed by atoms with Gasteiger partial charge in [-0.05, 0) is 51.0 Å². The van der Waals surface area contributed by atoms with Crippen molar-refractivity contribution in [2.75, 3.05) is 14.1 Å². The summed E-state index contributed by atoms with van der Waals surface area (Å²) >= 11 is 0. The smallest absolute Gasteiger partial charge is 0.118 e. The molecule has 0 spiro atoms. The lowest BCUT2D eigenvalue weighted by Crippen LogP contribution is -2.61. The highest BCUT2D eigenvalue weighted by Crippen LogP contribution is 2.40. The second kappa shape index (κ2) is 6.57. The monoisotopic (exact) mass is 318 g/mol. The van der Waals surface area contributed by atoms with E-state index >= 15 is 0 Å². The zero-order chi connectivity index (χ0) is 17.4. The predicted octanol–water partition coefficient (Wildman–Crippen LogP) is 4.46. The first-order valence-corrected chi connectivity index (χ1v) is 9.14. The molecule has 0 radical (unpaired) electrons. The number of aliphatic hydroxyl groups is 1. The first-order chi connectivity index (χ1) is 10.5. The van der Waals surface area contributed by atoms with Crippen LogP contribution in [0.3, 0.4) is 0 Å². The molecule has 1 aliphatic carbocycles. The van der Waals surface area contributed by atoms with E-state index in [4.69, 9.17) is 0 Å². The molecule has 1 aromatic carbocycles. The summed E-state index contributed by atoms with van der Waals surface area (Å²) in [4.78, 5) is 0. The van der Waals surface area contributed by atoms with E-state index in [9.17, 15) is 5.11 Å². The molecule has 2 heteroatoms. The third-order valence-electron chi connectivity index (χ3n) is 6.13. The van der Waals surface area contributed by atoms with Gasteiger partial charge in [0.05, 0.1) is 14.1 Å². The summed E-state index contributed by atoms with van der Waals surface area (Å²) in [6, 6.07) is 7.04. The van der Waals surface area contributed by atoms with Crippen LogP contribution in [-0.2, 0) is 6.54 Å². The number of benzene rings is 1. The van der Waals surface area contributed by atoms with E-state index in [0.717, 1.165) is 36.2 Å². The Labute approximate surface area is 143 Å². The van der Waals surface area contributed by atoms with Crippen molar-refractivity contribution in [2.24, 2.45) is 11.8 Å². The Balaban J connectivity index is 2.24. The van der Waals surface area contributed by atoms with E-state index in [2.05, 4.69) is 66.9 Å². The first-order valence-electron chi connectivity index (χ1n) is 9.14. The van der Waals surface area contributed by atoms with Gasteiger partial charge in [0.1, 0.15) is 18.2 Å². The molecule has 1 fully saturated rings. The van der Waals surface area contributed by atoms with Crippen LogP contribution in [0.4, 0.5) is 0 Å². The topological polar surface area (TPSA) is 20.2 Å². The zero-order valence-electron chi connectivity index (χ0n) is 16.2. The Kier molecular flexibility index (Phi) is 5.27. The molecule has 3 unspecified atom stereocenters. The van der Waals surface area contributed by atoms with Crippen molar-refractivity contribution >= 4 is 0 Å². The number of nitrogens with zero attached hydrogens (tertiary/aromatic N) is 1. The molecular weight excluding hydrogens is 282 g/mol. The summed E-state index contributed by atoms with van der Waals surface area (Å²) < 4.78 is 0.861. The van der Waals surface area contributed by atoms with E-state index in [1.165, 1.54) is 16.7 Å². The molecule has 1 N–H and O–H groups in total. The van der Waals surface area contributed by atoms with Crippen molar-refractivity contribution in [2.45, 2.75) is 72.1 Å². The van der Waals surface area contributed by atoms with Gasteiger partial charge in [-0.3, -0.25) is 0 Å². The fourth-order valence-corrected chi connectivity index (χ4v) is 4.52. The molecule has 0 saturated heterocycles. The summed E-state index contributed by atoms with van der Waals surface area (Å²) in [7, 11) is 4.59. The van der Waals surface area contributed by atoms with Gasteiger partial charge in [0.25, 0.3) is 0 Å². The molecule has 0 bridgehead atoms. The van der Waals surface area contributed by atoms with Crippen LogP contribution in [0, 0.1) is 25.7 Å². The van der Waals surface area contributed by atoms with Crippen LogP contribution in [0.5, 0.6) is 0 Å². The number of hydrogen-bond donors (Lipinski definition) is 1. The van der Waals surface area contributed by atoms with Gasteiger partial charge in [0.2, 0.25) is 0 Å². The largest absolute Gasteiger partial charge is 0.384 e. The van der Waals surface area contributed by atoms with Gasteiger partial charge in [-0.2, -0.15) is 0 Å². The van der Waals surface area contributed by atoms with Crippen molar-refractivity contribution in [3.05, 3.63) is 34.9 Å². The Bertz CT molecular complexity index is 545. The van der Waals surface area contributed by atoms with Gasteiger partial charge in [0.15, 0.2) is 0 Å². The maximum atomic E-state index is 11.0. The molecule has 0 aromatic heterocycles. The highest BCUT2D eigenvalue weighted by atomic mass is 16.3. The number of rotatable bonds is 4. The third-order valence-corrected chi connectivity index (χ3v) is 6.13. The molecule has 130 valence electrons. The Morgan fingerprint density at radius 3 is 2.48 bits per heavy atom. The van der Waals surface area contributed by atoms with E-state index < -0.39 is 5.60 Å².